The number of hydrogen-bond donors (Lipinski definition) is 0. The Morgan fingerprint density at radius 1 is 1.30 bits per heavy atom. The van der Waals surface area contributed by atoms with Crippen molar-refractivity contribution in [2.75, 3.05) is 18.2 Å². The van der Waals surface area contributed by atoms with Gasteiger partial charge >= 0.3 is 5.63 Å². The fourth-order valence-electron chi connectivity index (χ4n) is 3.41. The summed E-state index contributed by atoms with van der Waals surface area (Å²) >= 11 is 0. The minimum Gasteiger partial charge on any atom is -0.478 e. The van der Waals surface area contributed by atoms with Crippen LogP contribution in [0.15, 0.2) is 27.4 Å². The summed E-state index contributed by atoms with van der Waals surface area (Å²) in [6, 6.07) is 5.20. The Morgan fingerprint density at radius 2 is 2.13 bits per heavy atom. The van der Waals surface area contributed by atoms with E-state index in [0.717, 1.165) is 16.5 Å². The van der Waals surface area contributed by atoms with Crippen molar-refractivity contribution < 1.29 is 17.6 Å². The first-order chi connectivity index (χ1) is 10.9. The van der Waals surface area contributed by atoms with Crippen molar-refractivity contribution in [3.05, 3.63) is 39.7 Å². The third kappa shape index (κ3) is 2.53. The van der Waals surface area contributed by atoms with Gasteiger partial charge in [0, 0.05) is 24.0 Å². The summed E-state index contributed by atoms with van der Waals surface area (Å²) in [4.78, 5) is 13.7. The quantitative estimate of drug-likeness (QED) is 0.734. The zero-order valence-electron chi connectivity index (χ0n) is 12.7. The van der Waals surface area contributed by atoms with E-state index in [0.29, 0.717) is 31.0 Å². The Morgan fingerprint density at radius 3 is 2.87 bits per heavy atom. The molecular formula is C16H17NO5S. The van der Waals surface area contributed by atoms with Crippen LogP contribution in [-0.4, -0.2) is 37.6 Å². The predicted molar refractivity (Wildman–Crippen MR) is 85.3 cm³/mol. The molecule has 0 spiro atoms. The summed E-state index contributed by atoms with van der Waals surface area (Å²) in [6.45, 7) is 2.75. The van der Waals surface area contributed by atoms with Gasteiger partial charge in [0.1, 0.15) is 18.1 Å². The molecule has 3 heterocycles. The molecule has 1 fully saturated rings. The van der Waals surface area contributed by atoms with Crippen molar-refractivity contribution in [3.8, 4) is 5.75 Å². The summed E-state index contributed by atoms with van der Waals surface area (Å²) in [5.74, 6) is 1.09. The van der Waals surface area contributed by atoms with Gasteiger partial charge in [-0.3, -0.25) is 4.90 Å². The lowest BCUT2D eigenvalue weighted by Gasteiger charge is -2.33. The minimum absolute atomic E-state index is 0.0417. The molecule has 0 aliphatic carbocycles. The molecule has 2 aliphatic rings. The van der Waals surface area contributed by atoms with Gasteiger partial charge in [-0.05, 0) is 31.0 Å². The predicted octanol–water partition coefficient (Wildman–Crippen LogP) is 1.44. The average Bonchev–Trinajstić information content (AvgIpc) is 2.86. The van der Waals surface area contributed by atoms with E-state index in [1.807, 2.05) is 24.0 Å². The molecule has 2 aliphatic heterocycles. The third-order valence-corrected chi connectivity index (χ3v) is 6.40. The monoisotopic (exact) mass is 335 g/mol. The lowest BCUT2D eigenvalue weighted by molar-refractivity contribution is 0.0649. The highest BCUT2D eigenvalue weighted by Gasteiger charge is 2.35. The van der Waals surface area contributed by atoms with Crippen LogP contribution in [0.2, 0.25) is 0 Å². The van der Waals surface area contributed by atoms with Gasteiger partial charge in [0.25, 0.3) is 0 Å². The number of fused-ring (bicyclic) bond motifs is 3. The van der Waals surface area contributed by atoms with Crippen LogP contribution < -0.4 is 10.4 Å². The smallest absolute Gasteiger partial charge is 0.336 e. The van der Waals surface area contributed by atoms with Gasteiger partial charge in [0.15, 0.2) is 9.84 Å². The standard InChI is InChI=1S/C16H17NO5S/c1-10-6-15(18)22-16-12(10)2-3-14-13(16)7-17(9-21-14)11-4-5-23(19,20)8-11/h2-3,6,11H,4-5,7-9H2,1H3. The van der Waals surface area contributed by atoms with Gasteiger partial charge < -0.3 is 9.15 Å². The highest BCUT2D eigenvalue weighted by molar-refractivity contribution is 7.91. The number of ether oxygens (including phenoxy) is 1. The molecule has 1 atom stereocenters. The molecule has 122 valence electrons. The van der Waals surface area contributed by atoms with E-state index < -0.39 is 9.84 Å². The van der Waals surface area contributed by atoms with Gasteiger partial charge in [-0.15, -0.1) is 0 Å². The Bertz CT molecular complexity index is 947. The van der Waals surface area contributed by atoms with Crippen LogP contribution in [0.4, 0.5) is 0 Å². The molecule has 2 aromatic rings. The van der Waals surface area contributed by atoms with E-state index in [4.69, 9.17) is 9.15 Å². The number of nitrogens with zero attached hydrogens (tertiary/aromatic N) is 1. The van der Waals surface area contributed by atoms with E-state index in [-0.39, 0.29) is 23.2 Å². The second-order valence-corrected chi connectivity index (χ2v) is 8.47. The highest BCUT2D eigenvalue weighted by Crippen LogP contribution is 2.34. The molecular weight excluding hydrogens is 318 g/mol. The molecule has 6 nitrogen and oxygen atoms in total. The van der Waals surface area contributed by atoms with E-state index >= 15 is 0 Å². The van der Waals surface area contributed by atoms with E-state index in [1.165, 1.54) is 6.07 Å². The maximum Gasteiger partial charge on any atom is 0.336 e. The molecule has 7 heteroatoms. The molecule has 0 radical (unpaired) electrons. The first-order valence-corrected chi connectivity index (χ1v) is 9.39. The first kappa shape index (κ1) is 14.7. The van der Waals surface area contributed by atoms with Gasteiger partial charge in [-0.1, -0.05) is 0 Å². The zero-order chi connectivity index (χ0) is 16.2. The molecule has 4 rings (SSSR count). The van der Waals surface area contributed by atoms with Gasteiger partial charge in [0.05, 0.1) is 17.1 Å². The van der Waals surface area contributed by atoms with Crippen LogP contribution in [0.1, 0.15) is 17.5 Å². The zero-order valence-corrected chi connectivity index (χ0v) is 13.6. The van der Waals surface area contributed by atoms with Crippen molar-refractivity contribution in [2.45, 2.75) is 25.9 Å². The maximum absolute atomic E-state index is 11.7. The van der Waals surface area contributed by atoms with Crippen molar-refractivity contribution in [1.29, 1.82) is 0 Å². The second kappa shape index (κ2) is 5.07. The van der Waals surface area contributed by atoms with Crippen molar-refractivity contribution in [3.63, 3.8) is 0 Å². The van der Waals surface area contributed by atoms with Crippen molar-refractivity contribution in [1.82, 2.24) is 4.90 Å². The molecule has 23 heavy (non-hydrogen) atoms. The number of benzene rings is 1. The molecule has 1 saturated heterocycles. The largest absolute Gasteiger partial charge is 0.478 e. The molecule has 0 bridgehead atoms. The SMILES string of the molecule is Cc1cc(=O)oc2c3c(ccc12)OCN(C1CCS(=O)(=O)C1)C3. The Kier molecular flexibility index (Phi) is 3.24. The van der Waals surface area contributed by atoms with Crippen LogP contribution in [0.5, 0.6) is 5.75 Å². The van der Waals surface area contributed by atoms with Gasteiger partial charge in [0.2, 0.25) is 0 Å². The van der Waals surface area contributed by atoms with Crippen LogP contribution in [0, 0.1) is 6.92 Å². The number of sulfone groups is 1. The Hall–Kier alpha value is -1.86. The normalized spacial score (nSPS) is 23.6. The molecule has 0 N–H and O–H groups in total. The van der Waals surface area contributed by atoms with E-state index in [1.54, 1.807) is 0 Å². The van der Waals surface area contributed by atoms with Crippen LogP contribution in [0.3, 0.4) is 0 Å². The fourth-order valence-corrected chi connectivity index (χ4v) is 5.17. The average molecular weight is 335 g/mol. The second-order valence-electron chi connectivity index (χ2n) is 6.24. The number of hydrogen-bond acceptors (Lipinski definition) is 6. The molecule has 0 amide bonds. The topological polar surface area (TPSA) is 76.8 Å². The third-order valence-electron chi connectivity index (χ3n) is 4.65. The minimum atomic E-state index is -2.95. The lowest BCUT2D eigenvalue weighted by Crippen LogP contribution is -2.41. The van der Waals surface area contributed by atoms with E-state index in [2.05, 4.69) is 0 Å². The Labute approximate surface area is 133 Å². The molecule has 0 saturated carbocycles. The molecule has 1 aromatic heterocycles. The highest BCUT2D eigenvalue weighted by atomic mass is 32.2. The van der Waals surface area contributed by atoms with Crippen molar-refractivity contribution >= 4 is 20.8 Å². The van der Waals surface area contributed by atoms with Gasteiger partial charge in [-0.25, -0.2) is 13.2 Å². The first-order valence-electron chi connectivity index (χ1n) is 7.56. The van der Waals surface area contributed by atoms with Crippen LogP contribution in [0.25, 0.3) is 11.0 Å². The number of aryl methyl sites for hydroxylation is 1. The van der Waals surface area contributed by atoms with Crippen LogP contribution >= 0.6 is 0 Å². The van der Waals surface area contributed by atoms with Gasteiger partial charge in [-0.2, -0.15) is 0 Å². The van der Waals surface area contributed by atoms with E-state index in [9.17, 15) is 13.2 Å². The molecule has 1 aromatic carbocycles. The summed E-state index contributed by atoms with van der Waals surface area (Å²) in [5, 5.41) is 0.882. The van der Waals surface area contributed by atoms with Crippen molar-refractivity contribution in [2.24, 2.45) is 0 Å². The summed E-state index contributed by atoms with van der Waals surface area (Å²) < 4.78 is 34.6. The van der Waals surface area contributed by atoms with Crippen LogP contribution in [-0.2, 0) is 16.4 Å². The maximum atomic E-state index is 11.7. The fraction of sp³-hybridized carbons (Fsp3) is 0.438. The lowest BCUT2D eigenvalue weighted by atomic mass is 10.0. The summed E-state index contributed by atoms with van der Waals surface area (Å²) in [6.07, 6.45) is 0.620. The number of rotatable bonds is 1. The summed E-state index contributed by atoms with van der Waals surface area (Å²) in [7, 11) is -2.95. The Balaban J connectivity index is 1.76. The summed E-state index contributed by atoms with van der Waals surface area (Å²) in [5.41, 5.74) is 1.83. The molecule has 1 unspecified atom stereocenters.